The fourth-order valence-electron chi connectivity index (χ4n) is 1.02. The summed E-state index contributed by atoms with van der Waals surface area (Å²) in [5.74, 6) is -0.223. The van der Waals surface area contributed by atoms with Gasteiger partial charge in [0.25, 0.3) is 0 Å². The minimum atomic E-state index is -0.223. The molecule has 4 heteroatoms. The highest BCUT2D eigenvalue weighted by Crippen LogP contribution is 2.18. The highest BCUT2D eigenvalue weighted by Gasteiger charge is 2.26. The van der Waals surface area contributed by atoms with Crippen LogP contribution in [0, 0.1) is 0 Å². The van der Waals surface area contributed by atoms with Gasteiger partial charge in [0.15, 0.2) is 0 Å². The summed E-state index contributed by atoms with van der Waals surface area (Å²) in [5.41, 5.74) is 5.00. The maximum Gasteiger partial charge on any atom is 0.231 e. The van der Waals surface area contributed by atoms with Crippen LogP contribution in [-0.4, -0.2) is 41.9 Å². The SMILES string of the molecule is CSC1CN(CC(N)=O)C1. The van der Waals surface area contributed by atoms with Crippen molar-refractivity contribution in [1.29, 1.82) is 0 Å². The van der Waals surface area contributed by atoms with E-state index in [1.807, 2.05) is 11.8 Å². The lowest BCUT2D eigenvalue weighted by Crippen LogP contribution is -2.51. The zero-order valence-corrected chi connectivity index (χ0v) is 6.86. The molecule has 0 aromatic heterocycles. The predicted molar refractivity (Wildman–Crippen MR) is 42.9 cm³/mol. The maximum absolute atomic E-state index is 10.4. The Morgan fingerprint density at radius 3 is 2.80 bits per heavy atom. The molecule has 1 aliphatic heterocycles. The number of carbonyl (C=O) groups excluding carboxylic acids is 1. The standard InChI is InChI=1S/C6H12N2OS/c1-10-5-2-8(3-5)4-6(7)9/h5H,2-4H2,1H3,(H2,7,9). The smallest absolute Gasteiger partial charge is 0.231 e. The molecule has 10 heavy (non-hydrogen) atoms. The number of nitrogens with two attached hydrogens (primary N) is 1. The molecule has 0 aliphatic carbocycles. The molecule has 0 unspecified atom stereocenters. The molecular weight excluding hydrogens is 148 g/mol. The Balaban J connectivity index is 2.08. The van der Waals surface area contributed by atoms with Crippen molar-refractivity contribution in [3.8, 4) is 0 Å². The average Bonchev–Trinajstić information content (AvgIpc) is 1.76. The first-order valence-electron chi connectivity index (χ1n) is 3.26. The van der Waals surface area contributed by atoms with Gasteiger partial charge in [0, 0.05) is 18.3 Å². The molecule has 1 saturated heterocycles. The van der Waals surface area contributed by atoms with Gasteiger partial charge in [0.2, 0.25) is 5.91 Å². The summed E-state index contributed by atoms with van der Waals surface area (Å²) in [6.45, 7) is 2.46. The van der Waals surface area contributed by atoms with Crippen LogP contribution in [0.25, 0.3) is 0 Å². The Morgan fingerprint density at radius 2 is 2.40 bits per heavy atom. The van der Waals surface area contributed by atoms with Crippen LogP contribution in [0.5, 0.6) is 0 Å². The third kappa shape index (κ3) is 1.88. The number of hydrogen-bond acceptors (Lipinski definition) is 3. The number of hydrogen-bond donors (Lipinski definition) is 1. The second-order valence-corrected chi connectivity index (χ2v) is 3.66. The Hall–Kier alpha value is -0.220. The zero-order valence-electron chi connectivity index (χ0n) is 6.04. The van der Waals surface area contributed by atoms with E-state index in [0.29, 0.717) is 6.54 Å². The molecule has 0 spiro atoms. The lowest BCUT2D eigenvalue weighted by molar-refractivity contribution is -0.119. The molecule has 0 saturated carbocycles. The van der Waals surface area contributed by atoms with E-state index in [9.17, 15) is 4.79 Å². The van der Waals surface area contributed by atoms with Crippen molar-refractivity contribution in [2.45, 2.75) is 5.25 Å². The van der Waals surface area contributed by atoms with Gasteiger partial charge < -0.3 is 5.73 Å². The van der Waals surface area contributed by atoms with Crippen LogP contribution in [0.4, 0.5) is 0 Å². The van der Waals surface area contributed by atoms with E-state index in [4.69, 9.17) is 5.73 Å². The maximum atomic E-state index is 10.4. The monoisotopic (exact) mass is 160 g/mol. The van der Waals surface area contributed by atoms with E-state index in [0.717, 1.165) is 18.3 Å². The van der Waals surface area contributed by atoms with Crippen LogP contribution >= 0.6 is 11.8 Å². The Morgan fingerprint density at radius 1 is 1.80 bits per heavy atom. The van der Waals surface area contributed by atoms with E-state index < -0.39 is 0 Å². The number of nitrogens with zero attached hydrogens (tertiary/aromatic N) is 1. The number of likely N-dealkylation sites (tertiary alicyclic amines) is 1. The minimum absolute atomic E-state index is 0.223. The molecule has 1 rings (SSSR count). The van der Waals surface area contributed by atoms with Crippen LogP contribution in [0.2, 0.25) is 0 Å². The second kappa shape index (κ2) is 3.25. The molecule has 0 aromatic carbocycles. The molecule has 1 fully saturated rings. The Bertz CT molecular complexity index is 134. The first kappa shape index (κ1) is 7.88. The van der Waals surface area contributed by atoms with Gasteiger partial charge in [-0.25, -0.2) is 0 Å². The lowest BCUT2D eigenvalue weighted by Gasteiger charge is -2.37. The predicted octanol–water partition coefficient (Wildman–Crippen LogP) is -0.481. The first-order chi connectivity index (χ1) is 4.72. The van der Waals surface area contributed by atoms with Crippen molar-refractivity contribution >= 4 is 17.7 Å². The first-order valence-corrected chi connectivity index (χ1v) is 4.54. The summed E-state index contributed by atoms with van der Waals surface area (Å²) in [4.78, 5) is 12.4. The second-order valence-electron chi connectivity index (χ2n) is 2.52. The summed E-state index contributed by atoms with van der Waals surface area (Å²) in [7, 11) is 0. The number of amides is 1. The van der Waals surface area contributed by atoms with Crippen LogP contribution < -0.4 is 5.73 Å². The van der Waals surface area contributed by atoms with Crippen LogP contribution in [0.1, 0.15) is 0 Å². The number of thioether (sulfide) groups is 1. The van der Waals surface area contributed by atoms with Crippen molar-refractivity contribution in [1.82, 2.24) is 4.90 Å². The van der Waals surface area contributed by atoms with E-state index in [-0.39, 0.29) is 5.91 Å². The normalized spacial score (nSPS) is 20.5. The van der Waals surface area contributed by atoms with Crippen LogP contribution in [0.15, 0.2) is 0 Å². The number of primary amides is 1. The van der Waals surface area contributed by atoms with Gasteiger partial charge >= 0.3 is 0 Å². The van der Waals surface area contributed by atoms with Crippen molar-refractivity contribution in [3.63, 3.8) is 0 Å². The average molecular weight is 160 g/mol. The van der Waals surface area contributed by atoms with Crippen molar-refractivity contribution in [2.75, 3.05) is 25.9 Å². The summed E-state index contributed by atoms with van der Waals surface area (Å²) >= 11 is 1.85. The lowest BCUT2D eigenvalue weighted by atomic mass is 10.2. The Kier molecular flexibility index (Phi) is 2.56. The molecule has 0 aromatic rings. The molecule has 1 amide bonds. The largest absolute Gasteiger partial charge is 0.369 e. The van der Waals surface area contributed by atoms with Crippen LogP contribution in [0.3, 0.4) is 0 Å². The number of carbonyl (C=O) groups is 1. The number of rotatable bonds is 3. The topological polar surface area (TPSA) is 46.3 Å². The molecule has 0 atom stereocenters. The summed E-state index contributed by atoms with van der Waals surface area (Å²) in [6, 6.07) is 0. The third-order valence-corrected chi connectivity index (χ3v) is 2.60. The van der Waals surface area contributed by atoms with Gasteiger partial charge in [-0.15, -0.1) is 0 Å². The van der Waals surface area contributed by atoms with E-state index in [1.165, 1.54) is 0 Å². The molecule has 58 valence electrons. The van der Waals surface area contributed by atoms with E-state index in [2.05, 4.69) is 11.2 Å². The van der Waals surface area contributed by atoms with Gasteiger partial charge in [-0.1, -0.05) is 0 Å². The van der Waals surface area contributed by atoms with Gasteiger partial charge in [0.05, 0.1) is 6.54 Å². The van der Waals surface area contributed by atoms with Gasteiger partial charge in [0.1, 0.15) is 0 Å². The molecule has 2 N–H and O–H groups in total. The fourth-order valence-corrected chi connectivity index (χ4v) is 1.74. The zero-order chi connectivity index (χ0) is 7.56. The summed E-state index contributed by atoms with van der Waals surface area (Å²) < 4.78 is 0. The van der Waals surface area contributed by atoms with Gasteiger partial charge in [-0.2, -0.15) is 11.8 Å². The quantitative estimate of drug-likeness (QED) is 0.606. The Labute approximate surface area is 64.9 Å². The highest BCUT2D eigenvalue weighted by molar-refractivity contribution is 7.99. The van der Waals surface area contributed by atoms with E-state index >= 15 is 0 Å². The van der Waals surface area contributed by atoms with Gasteiger partial charge in [-0.3, -0.25) is 9.69 Å². The van der Waals surface area contributed by atoms with Crippen molar-refractivity contribution in [2.24, 2.45) is 5.73 Å². The highest BCUT2D eigenvalue weighted by atomic mass is 32.2. The molecular formula is C6H12N2OS. The van der Waals surface area contributed by atoms with Crippen LogP contribution in [-0.2, 0) is 4.79 Å². The molecule has 3 nitrogen and oxygen atoms in total. The molecule has 1 heterocycles. The van der Waals surface area contributed by atoms with E-state index in [1.54, 1.807) is 0 Å². The fraction of sp³-hybridized carbons (Fsp3) is 0.833. The summed E-state index contributed by atoms with van der Waals surface area (Å²) in [5, 5.41) is 0.722. The summed E-state index contributed by atoms with van der Waals surface area (Å²) in [6.07, 6.45) is 2.09. The molecule has 0 bridgehead atoms. The van der Waals surface area contributed by atoms with Crippen molar-refractivity contribution in [3.05, 3.63) is 0 Å². The van der Waals surface area contributed by atoms with Crippen molar-refractivity contribution < 1.29 is 4.79 Å². The molecule has 1 aliphatic rings. The minimum Gasteiger partial charge on any atom is -0.369 e. The third-order valence-electron chi connectivity index (χ3n) is 1.64. The molecule has 0 radical (unpaired) electrons. The van der Waals surface area contributed by atoms with Gasteiger partial charge in [-0.05, 0) is 6.26 Å².